The summed E-state index contributed by atoms with van der Waals surface area (Å²) in [5, 5.41) is 18.6. The minimum absolute atomic E-state index is 0.0219. The Morgan fingerprint density at radius 1 is 1.07 bits per heavy atom. The Hall–Kier alpha value is -2.62. The molecule has 0 saturated heterocycles. The molecule has 1 aromatic carbocycles. The number of halogens is 2. The maximum Gasteiger partial charge on any atom is 0.313 e. The lowest BCUT2D eigenvalue weighted by molar-refractivity contribution is -0.136. The Morgan fingerprint density at radius 2 is 1.89 bits per heavy atom. The van der Waals surface area contributed by atoms with E-state index < -0.39 is 29.6 Å². The molecule has 0 bridgehead atoms. The van der Waals surface area contributed by atoms with E-state index in [2.05, 4.69) is 10.6 Å². The van der Waals surface area contributed by atoms with Gasteiger partial charge in [0.1, 0.15) is 6.10 Å². The van der Waals surface area contributed by atoms with Crippen LogP contribution in [0.4, 0.5) is 14.5 Å². The maximum atomic E-state index is 13.1. The van der Waals surface area contributed by atoms with Gasteiger partial charge in [-0.15, -0.1) is 11.3 Å². The van der Waals surface area contributed by atoms with Crippen molar-refractivity contribution in [3.63, 3.8) is 0 Å². The molecule has 0 aliphatic carbocycles. The van der Waals surface area contributed by atoms with Crippen LogP contribution in [0.1, 0.15) is 21.4 Å². The lowest BCUT2D eigenvalue weighted by Crippen LogP contribution is -2.34. The lowest BCUT2D eigenvalue weighted by atomic mass is 10.2. The number of hydrogen-bond donors (Lipinski definition) is 3. The van der Waals surface area contributed by atoms with E-state index in [1.54, 1.807) is 12.1 Å². The predicted molar refractivity (Wildman–Crippen MR) is 99.5 cm³/mol. The fourth-order valence-electron chi connectivity index (χ4n) is 2.24. The monoisotopic (exact) mass is 408 g/mol. The molecule has 0 saturated carbocycles. The Labute approximate surface area is 161 Å². The second-order valence-corrected chi connectivity index (χ2v) is 7.51. The van der Waals surface area contributed by atoms with Gasteiger partial charge in [-0.25, -0.2) is 8.78 Å². The van der Waals surface area contributed by atoms with Crippen molar-refractivity contribution in [2.24, 2.45) is 0 Å². The number of carbonyl (C=O) groups is 2. The molecule has 5 nitrogen and oxygen atoms in total. The third kappa shape index (κ3) is 4.76. The third-order valence-corrected chi connectivity index (χ3v) is 5.46. The SMILES string of the molecule is O=C(NCc1ccc(C(O)c2ccsc2)s1)C(=O)Nc1ccc(F)c(F)c1. The zero-order valence-corrected chi connectivity index (χ0v) is 15.4. The lowest BCUT2D eigenvalue weighted by Gasteiger charge is -2.07. The van der Waals surface area contributed by atoms with E-state index in [1.807, 2.05) is 16.8 Å². The number of benzene rings is 1. The number of rotatable bonds is 5. The molecule has 0 fully saturated rings. The minimum atomic E-state index is -1.12. The molecule has 2 amide bonds. The highest BCUT2D eigenvalue weighted by atomic mass is 32.1. The van der Waals surface area contributed by atoms with Crippen LogP contribution in [-0.2, 0) is 16.1 Å². The number of hydrogen-bond acceptors (Lipinski definition) is 5. The van der Waals surface area contributed by atoms with Gasteiger partial charge in [-0.2, -0.15) is 11.3 Å². The van der Waals surface area contributed by atoms with Gasteiger partial charge in [0.05, 0.1) is 6.54 Å². The summed E-state index contributed by atoms with van der Waals surface area (Å²) in [6, 6.07) is 8.14. The van der Waals surface area contributed by atoms with Crippen molar-refractivity contribution in [3.05, 3.63) is 74.1 Å². The largest absolute Gasteiger partial charge is 0.383 e. The van der Waals surface area contributed by atoms with Crippen molar-refractivity contribution in [2.75, 3.05) is 5.32 Å². The second kappa shape index (κ2) is 8.38. The topological polar surface area (TPSA) is 78.4 Å². The summed E-state index contributed by atoms with van der Waals surface area (Å²) in [5.41, 5.74) is 0.773. The smallest absolute Gasteiger partial charge is 0.313 e. The molecule has 3 aromatic rings. The first-order valence-corrected chi connectivity index (χ1v) is 9.53. The van der Waals surface area contributed by atoms with Crippen LogP contribution in [0.15, 0.2) is 47.2 Å². The number of aliphatic hydroxyl groups is 1. The quantitative estimate of drug-likeness (QED) is 0.566. The van der Waals surface area contributed by atoms with E-state index in [0.717, 1.165) is 33.5 Å². The minimum Gasteiger partial charge on any atom is -0.383 e. The average molecular weight is 408 g/mol. The molecule has 0 spiro atoms. The van der Waals surface area contributed by atoms with Gasteiger partial charge in [-0.3, -0.25) is 9.59 Å². The van der Waals surface area contributed by atoms with Gasteiger partial charge in [-0.05, 0) is 46.7 Å². The van der Waals surface area contributed by atoms with Crippen molar-refractivity contribution in [1.82, 2.24) is 5.32 Å². The molecule has 2 heterocycles. The van der Waals surface area contributed by atoms with Gasteiger partial charge in [0.15, 0.2) is 11.6 Å². The Bertz CT molecular complexity index is 957. The van der Waals surface area contributed by atoms with Gasteiger partial charge in [0, 0.05) is 21.5 Å². The number of nitrogens with one attached hydrogen (secondary N) is 2. The van der Waals surface area contributed by atoms with Crippen LogP contribution in [0, 0.1) is 11.6 Å². The Balaban J connectivity index is 1.54. The van der Waals surface area contributed by atoms with Gasteiger partial charge < -0.3 is 15.7 Å². The highest BCUT2D eigenvalue weighted by Crippen LogP contribution is 2.29. The summed E-state index contributed by atoms with van der Waals surface area (Å²) in [5.74, 6) is -4.07. The number of amides is 2. The molecular weight excluding hydrogens is 394 g/mol. The van der Waals surface area contributed by atoms with Crippen LogP contribution in [-0.4, -0.2) is 16.9 Å². The summed E-state index contributed by atoms with van der Waals surface area (Å²) in [7, 11) is 0. The van der Waals surface area contributed by atoms with Gasteiger partial charge in [0.25, 0.3) is 0 Å². The Kier molecular flexibility index (Phi) is 5.94. The van der Waals surface area contributed by atoms with E-state index >= 15 is 0 Å². The summed E-state index contributed by atoms with van der Waals surface area (Å²) in [6.45, 7) is 0.102. The summed E-state index contributed by atoms with van der Waals surface area (Å²) in [6.07, 6.45) is -0.734. The molecular formula is C18H14F2N2O3S2. The average Bonchev–Trinajstić information content (AvgIpc) is 3.34. The molecule has 2 aromatic heterocycles. The second-order valence-electron chi connectivity index (χ2n) is 5.53. The fraction of sp³-hybridized carbons (Fsp3) is 0.111. The van der Waals surface area contributed by atoms with Crippen molar-refractivity contribution in [2.45, 2.75) is 12.6 Å². The Morgan fingerprint density at radius 3 is 2.59 bits per heavy atom. The van der Waals surface area contributed by atoms with Crippen LogP contribution < -0.4 is 10.6 Å². The standard InChI is InChI=1S/C18H14F2N2O3S2/c19-13-3-1-11(7-14(13)20)22-18(25)17(24)21-8-12-2-4-15(27-12)16(23)10-5-6-26-9-10/h1-7,9,16,23H,8H2,(H,21,24)(H,22,25). The molecule has 0 radical (unpaired) electrons. The first-order valence-electron chi connectivity index (χ1n) is 7.77. The highest BCUT2D eigenvalue weighted by molar-refractivity contribution is 7.12. The van der Waals surface area contributed by atoms with Crippen molar-refractivity contribution in [1.29, 1.82) is 0 Å². The summed E-state index contributed by atoms with van der Waals surface area (Å²) >= 11 is 2.81. The number of thiophene rings is 2. The van der Waals surface area contributed by atoms with Crippen LogP contribution in [0.3, 0.4) is 0 Å². The van der Waals surface area contributed by atoms with E-state index in [1.165, 1.54) is 22.7 Å². The molecule has 0 aliphatic rings. The zero-order chi connectivity index (χ0) is 19.4. The summed E-state index contributed by atoms with van der Waals surface area (Å²) in [4.78, 5) is 25.2. The first-order chi connectivity index (χ1) is 12.9. The van der Waals surface area contributed by atoms with Crippen LogP contribution >= 0.6 is 22.7 Å². The molecule has 27 heavy (non-hydrogen) atoms. The number of carbonyl (C=O) groups excluding carboxylic acids is 2. The summed E-state index contributed by atoms with van der Waals surface area (Å²) < 4.78 is 26.0. The normalized spacial score (nSPS) is 11.8. The van der Waals surface area contributed by atoms with Gasteiger partial charge in [0.2, 0.25) is 0 Å². The first kappa shape index (κ1) is 19.2. The van der Waals surface area contributed by atoms with Crippen LogP contribution in [0.2, 0.25) is 0 Å². The van der Waals surface area contributed by atoms with Crippen molar-refractivity contribution < 1.29 is 23.5 Å². The molecule has 3 N–H and O–H groups in total. The van der Waals surface area contributed by atoms with E-state index in [0.29, 0.717) is 0 Å². The third-order valence-electron chi connectivity index (χ3n) is 3.62. The molecule has 9 heteroatoms. The molecule has 1 atom stereocenters. The highest BCUT2D eigenvalue weighted by Gasteiger charge is 2.16. The van der Waals surface area contributed by atoms with E-state index in [4.69, 9.17) is 0 Å². The number of aliphatic hydroxyl groups excluding tert-OH is 1. The molecule has 0 aliphatic heterocycles. The molecule has 3 rings (SSSR count). The van der Waals surface area contributed by atoms with Gasteiger partial charge in [-0.1, -0.05) is 0 Å². The van der Waals surface area contributed by atoms with Crippen LogP contribution in [0.5, 0.6) is 0 Å². The predicted octanol–water partition coefficient (Wildman–Crippen LogP) is 3.42. The van der Waals surface area contributed by atoms with Crippen molar-refractivity contribution in [3.8, 4) is 0 Å². The number of anilines is 1. The van der Waals surface area contributed by atoms with Crippen LogP contribution in [0.25, 0.3) is 0 Å². The zero-order valence-electron chi connectivity index (χ0n) is 13.7. The van der Waals surface area contributed by atoms with Gasteiger partial charge >= 0.3 is 11.8 Å². The van der Waals surface area contributed by atoms with E-state index in [-0.39, 0.29) is 12.2 Å². The molecule has 1 unspecified atom stereocenters. The van der Waals surface area contributed by atoms with Crippen molar-refractivity contribution >= 4 is 40.2 Å². The maximum absolute atomic E-state index is 13.1. The fourth-order valence-corrected chi connectivity index (χ4v) is 3.89. The molecule has 140 valence electrons. The van der Waals surface area contributed by atoms with E-state index in [9.17, 15) is 23.5 Å².